The molecule has 1 aliphatic heterocycles. The van der Waals surface area contributed by atoms with E-state index in [1.165, 1.54) is 6.07 Å². The van der Waals surface area contributed by atoms with Gasteiger partial charge in [0, 0.05) is 18.2 Å². The van der Waals surface area contributed by atoms with Gasteiger partial charge in [-0.3, -0.25) is 0 Å². The first-order chi connectivity index (χ1) is 8.03. The minimum Gasteiger partial charge on any atom is -0.396 e. The molecule has 0 unspecified atom stereocenters. The molecule has 7 heteroatoms. The standard InChI is InChI=1S/C11H13F2NO3.ClH/c12-11(13)16-9-5-1-3-7(10(9)17-11)8(14)4-2-6-15;/h1,3,5,8,15H,2,4,6,14H2;1H/t8-;/m0./s1. The molecule has 102 valence electrons. The van der Waals surface area contributed by atoms with Gasteiger partial charge in [0.1, 0.15) is 0 Å². The fourth-order valence-corrected chi connectivity index (χ4v) is 1.75. The molecule has 0 aliphatic carbocycles. The normalized spacial score (nSPS) is 17.1. The summed E-state index contributed by atoms with van der Waals surface area (Å²) < 4.78 is 34.6. The molecule has 4 nitrogen and oxygen atoms in total. The summed E-state index contributed by atoms with van der Waals surface area (Å²) in [6.07, 6.45) is -2.64. The number of para-hydroxylation sites is 1. The molecule has 2 rings (SSSR count). The van der Waals surface area contributed by atoms with Gasteiger partial charge in [0.25, 0.3) is 0 Å². The van der Waals surface area contributed by atoms with Crippen LogP contribution < -0.4 is 15.2 Å². The van der Waals surface area contributed by atoms with E-state index in [9.17, 15) is 8.78 Å². The second-order valence-corrected chi connectivity index (χ2v) is 3.81. The average Bonchev–Trinajstić information content (AvgIpc) is 2.59. The minimum atomic E-state index is -3.63. The molecule has 3 N–H and O–H groups in total. The third-order valence-electron chi connectivity index (χ3n) is 2.53. The van der Waals surface area contributed by atoms with Crippen molar-refractivity contribution >= 4 is 12.4 Å². The lowest BCUT2D eigenvalue weighted by molar-refractivity contribution is -0.287. The quantitative estimate of drug-likeness (QED) is 0.888. The summed E-state index contributed by atoms with van der Waals surface area (Å²) in [4.78, 5) is 0. The number of nitrogens with two attached hydrogens (primary N) is 1. The molecule has 1 aromatic rings. The Balaban J connectivity index is 0.00000162. The first kappa shape index (κ1) is 14.9. The highest BCUT2D eigenvalue weighted by Crippen LogP contribution is 2.45. The molecule has 0 saturated heterocycles. The van der Waals surface area contributed by atoms with Gasteiger partial charge >= 0.3 is 6.29 Å². The summed E-state index contributed by atoms with van der Waals surface area (Å²) in [5.74, 6) is -0.0186. The molecule has 0 amide bonds. The van der Waals surface area contributed by atoms with Crippen molar-refractivity contribution in [1.82, 2.24) is 0 Å². The molecular weight excluding hydrogens is 268 g/mol. The van der Waals surface area contributed by atoms with Gasteiger partial charge < -0.3 is 20.3 Å². The van der Waals surface area contributed by atoms with Gasteiger partial charge in [-0.1, -0.05) is 12.1 Å². The van der Waals surface area contributed by atoms with E-state index < -0.39 is 12.3 Å². The predicted molar refractivity (Wildman–Crippen MR) is 63.1 cm³/mol. The van der Waals surface area contributed by atoms with Gasteiger partial charge in [0.05, 0.1) is 0 Å². The van der Waals surface area contributed by atoms with E-state index in [0.29, 0.717) is 18.4 Å². The SMILES string of the molecule is Cl.N[C@@H](CCCO)c1cccc2c1OC(F)(F)O2. The topological polar surface area (TPSA) is 64.7 Å². The number of hydrogen-bond donors (Lipinski definition) is 2. The highest BCUT2D eigenvalue weighted by atomic mass is 35.5. The van der Waals surface area contributed by atoms with Crippen molar-refractivity contribution in [2.45, 2.75) is 25.2 Å². The minimum absolute atomic E-state index is 0. The van der Waals surface area contributed by atoms with Crippen molar-refractivity contribution in [1.29, 1.82) is 0 Å². The Morgan fingerprint density at radius 1 is 1.33 bits per heavy atom. The van der Waals surface area contributed by atoms with Crippen LogP contribution in [-0.4, -0.2) is 18.0 Å². The molecular formula is C11H14ClF2NO3. The molecule has 18 heavy (non-hydrogen) atoms. The number of aliphatic hydroxyl groups excluding tert-OH is 1. The number of rotatable bonds is 4. The van der Waals surface area contributed by atoms with E-state index in [2.05, 4.69) is 9.47 Å². The van der Waals surface area contributed by atoms with Crippen molar-refractivity contribution in [3.63, 3.8) is 0 Å². The maximum atomic E-state index is 12.9. The molecule has 0 spiro atoms. The number of ether oxygens (including phenoxy) is 2. The van der Waals surface area contributed by atoms with Crippen LogP contribution in [0.25, 0.3) is 0 Å². The zero-order valence-electron chi connectivity index (χ0n) is 9.44. The van der Waals surface area contributed by atoms with Gasteiger partial charge in [-0.15, -0.1) is 21.2 Å². The van der Waals surface area contributed by atoms with Gasteiger partial charge in [-0.25, -0.2) is 0 Å². The van der Waals surface area contributed by atoms with Crippen molar-refractivity contribution in [3.05, 3.63) is 23.8 Å². The van der Waals surface area contributed by atoms with Gasteiger partial charge in [-0.05, 0) is 18.9 Å². The molecule has 0 saturated carbocycles. The number of aliphatic hydroxyl groups is 1. The summed E-state index contributed by atoms with van der Waals surface area (Å²) >= 11 is 0. The Morgan fingerprint density at radius 3 is 2.72 bits per heavy atom. The Hall–Kier alpha value is -1.11. The monoisotopic (exact) mass is 281 g/mol. The summed E-state index contributed by atoms with van der Waals surface area (Å²) in [5.41, 5.74) is 6.32. The fraction of sp³-hybridized carbons (Fsp3) is 0.455. The maximum Gasteiger partial charge on any atom is 0.586 e. The Morgan fingerprint density at radius 2 is 2.06 bits per heavy atom. The average molecular weight is 282 g/mol. The number of alkyl halides is 2. The summed E-state index contributed by atoms with van der Waals surface area (Å²) in [5, 5.41) is 8.71. The zero-order chi connectivity index (χ0) is 12.5. The lowest BCUT2D eigenvalue weighted by atomic mass is 10.0. The molecule has 1 heterocycles. The molecule has 0 radical (unpaired) electrons. The van der Waals surface area contributed by atoms with Crippen LogP contribution >= 0.6 is 12.4 Å². The molecule has 0 fully saturated rings. The van der Waals surface area contributed by atoms with Crippen LogP contribution in [0.2, 0.25) is 0 Å². The van der Waals surface area contributed by atoms with Crippen molar-refractivity contribution in [2.24, 2.45) is 5.73 Å². The van der Waals surface area contributed by atoms with Crippen molar-refractivity contribution in [2.75, 3.05) is 6.61 Å². The van der Waals surface area contributed by atoms with Crippen LogP contribution in [0.1, 0.15) is 24.4 Å². The second-order valence-electron chi connectivity index (χ2n) is 3.81. The number of benzene rings is 1. The van der Waals surface area contributed by atoms with E-state index in [-0.39, 0.29) is 30.5 Å². The van der Waals surface area contributed by atoms with Crippen LogP contribution in [0.4, 0.5) is 8.78 Å². The summed E-state index contributed by atoms with van der Waals surface area (Å²) in [6.45, 7) is 0.0102. The van der Waals surface area contributed by atoms with Gasteiger partial charge in [-0.2, -0.15) is 0 Å². The second kappa shape index (κ2) is 5.69. The van der Waals surface area contributed by atoms with Crippen LogP contribution in [0, 0.1) is 0 Å². The summed E-state index contributed by atoms with van der Waals surface area (Å²) in [6, 6.07) is 4.14. The summed E-state index contributed by atoms with van der Waals surface area (Å²) in [7, 11) is 0. The number of hydrogen-bond acceptors (Lipinski definition) is 4. The van der Waals surface area contributed by atoms with Crippen molar-refractivity contribution in [3.8, 4) is 11.5 Å². The Labute approximate surface area is 109 Å². The first-order valence-corrected chi connectivity index (χ1v) is 5.28. The van der Waals surface area contributed by atoms with Gasteiger partial charge in [0.2, 0.25) is 0 Å². The first-order valence-electron chi connectivity index (χ1n) is 5.28. The predicted octanol–water partition coefficient (Wildman–Crippen LogP) is 2.20. The Bertz CT molecular complexity index is 417. The van der Waals surface area contributed by atoms with E-state index >= 15 is 0 Å². The lowest BCUT2D eigenvalue weighted by Crippen LogP contribution is -2.26. The smallest absolute Gasteiger partial charge is 0.396 e. The largest absolute Gasteiger partial charge is 0.586 e. The third-order valence-corrected chi connectivity index (χ3v) is 2.53. The maximum absolute atomic E-state index is 12.9. The molecule has 1 aromatic carbocycles. The van der Waals surface area contributed by atoms with Gasteiger partial charge in [0.15, 0.2) is 11.5 Å². The van der Waals surface area contributed by atoms with Crippen LogP contribution in [0.3, 0.4) is 0 Å². The van der Waals surface area contributed by atoms with E-state index in [1.54, 1.807) is 12.1 Å². The van der Waals surface area contributed by atoms with E-state index in [0.717, 1.165) is 0 Å². The molecule has 1 aliphatic rings. The molecule has 0 bridgehead atoms. The van der Waals surface area contributed by atoms with Crippen LogP contribution in [-0.2, 0) is 0 Å². The molecule has 1 atom stereocenters. The zero-order valence-corrected chi connectivity index (χ0v) is 10.3. The van der Waals surface area contributed by atoms with Crippen LogP contribution in [0.15, 0.2) is 18.2 Å². The molecule has 0 aromatic heterocycles. The van der Waals surface area contributed by atoms with Crippen LogP contribution in [0.5, 0.6) is 11.5 Å². The lowest BCUT2D eigenvalue weighted by Gasteiger charge is -2.13. The fourth-order valence-electron chi connectivity index (χ4n) is 1.75. The highest BCUT2D eigenvalue weighted by Gasteiger charge is 2.44. The third kappa shape index (κ3) is 3.01. The van der Waals surface area contributed by atoms with E-state index in [1.807, 2.05) is 0 Å². The highest BCUT2D eigenvalue weighted by molar-refractivity contribution is 5.85. The number of fused-ring (bicyclic) bond motifs is 1. The van der Waals surface area contributed by atoms with E-state index in [4.69, 9.17) is 10.8 Å². The van der Waals surface area contributed by atoms with Crippen molar-refractivity contribution < 1.29 is 23.4 Å². The Kier molecular flexibility index (Phi) is 4.72. The number of halogens is 3.